The molecule has 0 aliphatic heterocycles. The van der Waals surface area contributed by atoms with Gasteiger partial charge in [-0.3, -0.25) is 0 Å². The van der Waals surface area contributed by atoms with Crippen molar-refractivity contribution in [1.82, 2.24) is 9.97 Å². The summed E-state index contributed by atoms with van der Waals surface area (Å²) in [4.78, 5) is 10.7. The molecular weight excluding hydrogens is 765 g/mol. The van der Waals surface area contributed by atoms with Crippen LogP contribution in [0.25, 0.3) is 100 Å². The minimum absolute atomic E-state index is 0.337. The Balaban J connectivity index is 1.08. The fourth-order valence-electron chi connectivity index (χ4n) is 9.77. The maximum Gasteiger partial charge on any atom is 0.160 e. The van der Waals surface area contributed by atoms with Gasteiger partial charge in [-0.2, -0.15) is 0 Å². The van der Waals surface area contributed by atoms with Gasteiger partial charge in [-0.05, 0) is 105 Å². The molecule has 1 aliphatic carbocycles. The van der Waals surface area contributed by atoms with Crippen molar-refractivity contribution in [1.29, 1.82) is 0 Å². The first-order valence-corrected chi connectivity index (χ1v) is 21.6. The van der Waals surface area contributed by atoms with Crippen LogP contribution in [0.15, 0.2) is 229 Å². The highest BCUT2D eigenvalue weighted by atomic mass is 16.3. The number of furan rings is 1. The molecule has 0 N–H and O–H groups in total. The number of benzene rings is 9. The van der Waals surface area contributed by atoms with Crippen molar-refractivity contribution in [2.75, 3.05) is 0 Å². The van der Waals surface area contributed by atoms with Gasteiger partial charge in [-0.15, -0.1) is 0 Å². The Bertz CT molecular complexity index is 3520. The lowest BCUT2D eigenvalue weighted by atomic mass is 9.74. The van der Waals surface area contributed by atoms with Gasteiger partial charge in [0.05, 0.1) is 11.4 Å². The zero-order valence-corrected chi connectivity index (χ0v) is 34.7. The monoisotopic (exact) mass is 804 g/mol. The minimum atomic E-state index is -0.337. The Hall–Kier alpha value is -8.14. The smallest absolute Gasteiger partial charge is 0.160 e. The van der Waals surface area contributed by atoms with E-state index in [0.717, 1.165) is 77.8 Å². The maximum absolute atomic E-state index is 6.64. The lowest BCUT2D eigenvalue weighted by molar-refractivity contribution is 0.670. The summed E-state index contributed by atoms with van der Waals surface area (Å²) in [6, 6.07) is 80.0. The van der Waals surface area contributed by atoms with E-state index in [1.54, 1.807) is 0 Å². The molecule has 63 heavy (non-hydrogen) atoms. The highest BCUT2D eigenvalue weighted by Gasteiger charge is 2.40. The molecule has 0 fully saturated rings. The van der Waals surface area contributed by atoms with Crippen LogP contribution in [0.1, 0.15) is 23.6 Å². The van der Waals surface area contributed by atoms with Crippen LogP contribution in [-0.2, 0) is 5.41 Å². The third kappa shape index (κ3) is 6.20. The van der Waals surface area contributed by atoms with Crippen LogP contribution in [-0.4, -0.2) is 9.97 Å². The number of hydrogen-bond acceptors (Lipinski definition) is 3. The van der Waals surface area contributed by atoms with Gasteiger partial charge < -0.3 is 4.42 Å². The van der Waals surface area contributed by atoms with Gasteiger partial charge in [0, 0.05) is 38.4 Å². The number of aromatic nitrogens is 2. The third-order valence-corrected chi connectivity index (χ3v) is 13.0. The van der Waals surface area contributed by atoms with Gasteiger partial charge in [-0.1, -0.05) is 182 Å². The average molecular weight is 805 g/mol. The van der Waals surface area contributed by atoms with E-state index in [0.29, 0.717) is 5.82 Å². The van der Waals surface area contributed by atoms with Crippen molar-refractivity contribution in [3.8, 4) is 78.4 Å². The fraction of sp³-hybridized carbons (Fsp3) is 0.0333. The molecule has 3 nitrogen and oxygen atoms in total. The van der Waals surface area contributed by atoms with Gasteiger partial charge in [-0.25, -0.2) is 9.97 Å². The van der Waals surface area contributed by atoms with E-state index >= 15 is 0 Å². The van der Waals surface area contributed by atoms with Crippen molar-refractivity contribution in [2.24, 2.45) is 0 Å². The molecule has 9 aromatic carbocycles. The normalized spacial score (nSPS) is 14.2. The average Bonchev–Trinajstić information content (AvgIpc) is 3.87. The lowest BCUT2D eigenvalue weighted by Gasteiger charge is -2.28. The number of rotatable bonds is 7. The number of fused-ring (bicyclic) bond motifs is 6. The molecule has 3 heteroatoms. The van der Waals surface area contributed by atoms with Crippen molar-refractivity contribution in [3.63, 3.8) is 0 Å². The zero-order chi connectivity index (χ0) is 41.9. The van der Waals surface area contributed by atoms with E-state index in [1.807, 2.05) is 18.2 Å². The Morgan fingerprint density at radius 2 is 0.905 bits per heavy atom. The molecular formula is C60H40N2O. The van der Waals surface area contributed by atoms with Crippen molar-refractivity contribution in [3.05, 3.63) is 241 Å². The van der Waals surface area contributed by atoms with Gasteiger partial charge in [0.2, 0.25) is 0 Å². The summed E-state index contributed by atoms with van der Waals surface area (Å²) < 4.78 is 6.64. The zero-order valence-electron chi connectivity index (χ0n) is 34.7. The van der Waals surface area contributed by atoms with E-state index in [1.165, 1.54) is 33.4 Å². The summed E-state index contributed by atoms with van der Waals surface area (Å²) in [6.07, 6.45) is 0. The van der Waals surface area contributed by atoms with Crippen LogP contribution in [0.5, 0.6) is 0 Å². The van der Waals surface area contributed by atoms with Crippen LogP contribution in [0.2, 0.25) is 0 Å². The Labute approximate surface area is 366 Å². The van der Waals surface area contributed by atoms with Crippen molar-refractivity contribution >= 4 is 21.9 Å². The first-order chi connectivity index (χ1) is 31.1. The summed E-state index contributed by atoms with van der Waals surface area (Å²) in [7, 11) is 0. The SMILES string of the molecule is CC1(c2ccccc2)c2ccccc2-c2ccc(-c3cc(-c4cc(-c5cccc(-c6ccccc6)c5)cc(-c5cccc6c5oc5ccccc56)c4)nc(-c4ccccc4)n3)cc21. The molecule has 2 heterocycles. The Kier molecular flexibility index (Phi) is 8.62. The molecule has 0 spiro atoms. The van der Waals surface area contributed by atoms with Gasteiger partial charge in [0.15, 0.2) is 5.82 Å². The van der Waals surface area contributed by atoms with Gasteiger partial charge in [0.25, 0.3) is 0 Å². The number of para-hydroxylation sites is 2. The van der Waals surface area contributed by atoms with Crippen LogP contribution in [0, 0.1) is 0 Å². The van der Waals surface area contributed by atoms with E-state index in [9.17, 15) is 0 Å². The number of nitrogens with zero attached hydrogens (tertiary/aromatic N) is 2. The molecule has 2 aromatic heterocycles. The topological polar surface area (TPSA) is 38.9 Å². The van der Waals surface area contributed by atoms with E-state index in [2.05, 4.69) is 213 Å². The molecule has 0 radical (unpaired) electrons. The highest BCUT2D eigenvalue weighted by Crippen LogP contribution is 2.53. The summed E-state index contributed by atoms with van der Waals surface area (Å²) in [5, 5.41) is 2.20. The largest absolute Gasteiger partial charge is 0.455 e. The number of hydrogen-bond donors (Lipinski definition) is 0. The molecule has 0 amide bonds. The standard InChI is InChI=1S/C60H40N2O/c1-60(47-23-9-4-10-24-47)53-29-13-11-25-49(53)50-32-31-43(37-54(50)60)55-38-56(62-59(61-55)40-19-7-3-8-20-40)46-35-44(42-22-15-21-41(33-42)39-17-5-2-6-18-39)34-45(36-46)48-27-16-28-52-51-26-12-14-30-57(51)63-58(48)52/h2-38H,1H3. The minimum Gasteiger partial charge on any atom is -0.455 e. The maximum atomic E-state index is 6.64. The second-order valence-corrected chi connectivity index (χ2v) is 16.7. The molecule has 11 aromatic rings. The molecule has 1 unspecified atom stereocenters. The molecule has 1 atom stereocenters. The quantitative estimate of drug-likeness (QED) is 0.161. The Morgan fingerprint density at radius 3 is 1.71 bits per heavy atom. The summed E-state index contributed by atoms with van der Waals surface area (Å²) in [5.41, 5.74) is 19.1. The van der Waals surface area contributed by atoms with Crippen molar-refractivity contribution in [2.45, 2.75) is 12.3 Å². The van der Waals surface area contributed by atoms with Crippen LogP contribution >= 0.6 is 0 Å². The van der Waals surface area contributed by atoms with Crippen LogP contribution < -0.4 is 0 Å². The first-order valence-electron chi connectivity index (χ1n) is 21.6. The first kappa shape index (κ1) is 36.7. The molecule has 0 saturated carbocycles. The highest BCUT2D eigenvalue weighted by molar-refractivity contribution is 6.10. The predicted molar refractivity (Wildman–Crippen MR) is 259 cm³/mol. The van der Waals surface area contributed by atoms with Crippen LogP contribution in [0.3, 0.4) is 0 Å². The van der Waals surface area contributed by atoms with E-state index < -0.39 is 0 Å². The summed E-state index contributed by atoms with van der Waals surface area (Å²) >= 11 is 0. The van der Waals surface area contributed by atoms with E-state index in [4.69, 9.17) is 14.4 Å². The lowest BCUT2D eigenvalue weighted by Crippen LogP contribution is -2.22. The van der Waals surface area contributed by atoms with E-state index in [-0.39, 0.29) is 5.41 Å². The molecule has 12 rings (SSSR count). The fourth-order valence-corrected chi connectivity index (χ4v) is 9.77. The molecule has 0 bridgehead atoms. The second kappa shape index (κ2) is 14.8. The van der Waals surface area contributed by atoms with Gasteiger partial charge in [0.1, 0.15) is 11.2 Å². The van der Waals surface area contributed by atoms with Crippen molar-refractivity contribution < 1.29 is 4.42 Å². The summed E-state index contributed by atoms with van der Waals surface area (Å²) in [5.74, 6) is 0.676. The van der Waals surface area contributed by atoms with Gasteiger partial charge >= 0.3 is 0 Å². The Morgan fingerprint density at radius 1 is 0.349 bits per heavy atom. The van der Waals surface area contributed by atoms with Crippen LogP contribution in [0.4, 0.5) is 0 Å². The third-order valence-electron chi connectivity index (χ3n) is 13.0. The molecule has 296 valence electrons. The summed E-state index contributed by atoms with van der Waals surface area (Å²) in [6.45, 7) is 2.36. The molecule has 1 aliphatic rings. The predicted octanol–water partition coefficient (Wildman–Crippen LogP) is 15.7. The molecule has 0 saturated heterocycles. The second-order valence-electron chi connectivity index (χ2n) is 16.7.